The fourth-order valence-corrected chi connectivity index (χ4v) is 4.09. The largest absolute Gasteiger partial charge is 0.359 e. The van der Waals surface area contributed by atoms with Gasteiger partial charge in [-0.2, -0.15) is 0 Å². The van der Waals surface area contributed by atoms with E-state index in [4.69, 9.17) is 0 Å². The highest BCUT2D eigenvalue weighted by molar-refractivity contribution is 5.79. The summed E-state index contributed by atoms with van der Waals surface area (Å²) in [5.41, 5.74) is 1.36. The van der Waals surface area contributed by atoms with Crippen LogP contribution in [0.2, 0.25) is 0 Å². The van der Waals surface area contributed by atoms with Crippen molar-refractivity contribution in [1.82, 2.24) is 20.2 Å². The summed E-state index contributed by atoms with van der Waals surface area (Å²) in [6, 6.07) is 0. The number of nitrogens with one attached hydrogen (secondary N) is 1. The summed E-state index contributed by atoms with van der Waals surface area (Å²) >= 11 is 0. The number of aryl methyl sites for hydroxylation is 1. The highest BCUT2D eigenvalue weighted by Crippen LogP contribution is 2.49. The average Bonchev–Trinajstić information content (AvgIpc) is 3.08. The van der Waals surface area contributed by atoms with Crippen LogP contribution in [0.4, 0.5) is 0 Å². The van der Waals surface area contributed by atoms with Crippen molar-refractivity contribution in [2.24, 2.45) is 11.3 Å². The third-order valence-electron chi connectivity index (χ3n) is 5.17. The molecule has 21 heavy (non-hydrogen) atoms. The molecule has 1 N–H and O–H groups in total. The van der Waals surface area contributed by atoms with Gasteiger partial charge in [-0.05, 0) is 38.1 Å². The molecular formula is C16H24N4O. The molecule has 2 aliphatic rings. The molecule has 0 radical (unpaired) electrons. The van der Waals surface area contributed by atoms with Gasteiger partial charge in [-0.25, -0.2) is 9.97 Å². The maximum Gasteiger partial charge on any atom is 0.223 e. The van der Waals surface area contributed by atoms with Gasteiger partial charge in [-0.3, -0.25) is 9.69 Å². The summed E-state index contributed by atoms with van der Waals surface area (Å²) in [7, 11) is 1.75. The SMILES string of the molecule is CNC(=O)[C@H]1CCC[C@]12CCN(Cc1cnc(C)nc1)C2. The predicted octanol–water partition coefficient (Wildman–Crippen LogP) is 1.52. The number of likely N-dealkylation sites (tertiary alicyclic amines) is 1. The Morgan fingerprint density at radius 2 is 2.19 bits per heavy atom. The van der Waals surface area contributed by atoms with Gasteiger partial charge in [0.05, 0.1) is 0 Å². The molecular weight excluding hydrogens is 264 g/mol. The Labute approximate surface area is 126 Å². The van der Waals surface area contributed by atoms with Crippen LogP contribution < -0.4 is 5.32 Å². The average molecular weight is 288 g/mol. The molecule has 0 bridgehead atoms. The van der Waals surface area contributed by atoms with Crippen LogP contribution in [0.1, 0.15) is 37.1 Å². The molecule has 1 amide bonds. The summed E-state index contributed by atoms with van der Waals surface area (Å²) in [5, 5.41) is 2.85. The number of aromatic nitrogens is 2. The smallest absolute Gasteiger partial charge is 0.223 e. The summed E-state index contributed by atoms with van der Waals surface area (Å²) in [6.45, 7) is 4.89. The minimum Gasteiger partial charge on any atom is -0.359 e. The van der Waals surface area contributed by atoms with Crippen LogP contribution in [0.15, 0.2) is 12.4 Å². The fourth-order valence-electron chi connectivity index (χ4n) is 4.09. The number of hydrogen-bond donors (Lipinski definition) is 1. The lowest BCUT2D eigenvalue weighted by Crippen LogP contribution is -2.39. The molecule has 1 aliphatic heterocycles. The van der Waals surface area contributed by atoms with Crippen molar-refractivity contribution < 1.29 is 4.79 Å². The second-order valence-electron chi connectivity index (χ2n) is 6.52. The number of nitrogens with zero attached hydrogens (tertiary/aromatic N) is 3. The first kappa shape index (κ1) is 14.4. The zero-order valence-electron chi connectivity index (χ0n) is 12.9. The summed E-state index contributed by atoms with van der Waals surface area (Å²) in [4.78, 5) is 23.1. The minimum absolute atomic E-state index is 0.196. The van der Waals surface area contributed by atoms with Crippen LogP contribution in [0.5, 0.6) is 0 Å². The Kier molecular flexibility index (Phi) is 3.93. The summed E-state index contributed by atoms with van der Waals surface area (Å²) < 4.78 is 0. The summed E-state index contributed by atoms with van der Waals surface area (Å²) in [5.74, 6) is 1.24. The Bertz CT molecular complexity index is 516. The molecule has 114 valence electrons. The van der Waals surface area contributed by atoms with E-state index in [1.807, 2.05) is 19.3 Å². The standard InChI is InChI=1S/C16H24N4O/c1-12-18-8-13(9-19-12)10-20-7-6-16(11-20)5-3-4-14(16)15(21)17-2/h8-9,14H,3-7,10-11H2,1-2H3,(H,17,21)/t14-,16-/m1/s1. The lowest BCUT2D eigenvalue weighted by atomic mass is 9.76. The van der Waals surface area contributed by atoms with Crippen LogP contribution in [-0.4, -0.2) is 40.9 Å². The van der Waals surface area contributed by atoms with Crippen LogP contribution in [-0.2, 0) is 11.3 Å². The van der Waals surface area contributed by atoms with E-state index < -0.39 is 0 Å². The van der Waals surface area contributed by atoms with E-state index in [-0.39, 0.29) is 17.2 Å². The van der Waals surface area contributed by atoms with Gasteiger partial charge in [-0.15, -0.1) is 0 Å². The molecule has 1 spiro atoms. The van der Waals surface area contributed by atoms with Crippen LogP contribution in [0, 0.1) is 18.3 Å². The third kappa shape index (κ3) is 2.79. The lowest BCUT2D eigenvalue weighted by Gasteiger charge is -2.30. The first-order valence-corrected chi connectivity index (χ1v) is 7.84. The van der Waals surface area contributed by atoms with Crippen molar-refractivity contribution in [3.05, 3.63) is 23.8 Å². The van der Waals surface area contributed by atoms with E-state index in [2.05, 4.69) is 20.2 Å². The minimum atomic E-state index is 0.196. The van der Waals surface area contributed by atoms with Gasteiger partial charge in [-0.1, -0.05) is 6.42 Å². The van der Waals surface area contributed by atoms with E-state index in [0.29, 0.717) is 0 Å². The quantitative estimate of drug-likeness (QED) is 0.916. The van der Waals surface area contributed by atoms with E-state index in [9.17, 15) is 4.79 Å². The van der Waals surface area contributed by atoms with Crippen molar-refractivity contribution in [3.8, 4) is 0 Å². The lowest BCUT2D eigenvalue weighted by molar-refractivity contribution is -0.127. The Hall–Kier alpha value is -1.49. The molecule has 1 aromatic rings. The first-order valence-electron chi connectivity index (χ1n) is 7.84. The number of amides is 1. The van der Waals surface area contributed by atoms with E-state index >= 15 is 0 Å². The number of carbonyl (C=O) groups excluding carboxylic acids is 1. The van der Waals surface area contributed by atoms with Crippen LogP contribution >= 0.6 is 0 Å². The van der Waals surface area contributed by atoms with Gasteiger partial charge in [0.25, 0.3) is 0 Å². The Morgan fingerprint density at radius 1 is 1.43 bits per heavy atom. The second kappa shape index (κ2) is 5.72. The number of hydrogen-bond acceptors (Lipinski definition) is 4. The van der Waals surface area contributed by atoms with E-state index in [1.165, 1.54) is 12.8 Å². The van der Waals surface area contributed by atoms with Crippen molar-refractivity contribution in [1.29, 1.82) is 0 Å². The molecule has 0 aromatic carbocycles. The molecule has 1 saturated carbocycles. The first-order chi connectivity index (χ1) is 10.1. The highest BCUT2D eigenvalue weighted by atomic mass is 16.1. The number of rotatable bonds is 3. The maximum absolute atomic E-state index is 12.1. The molecule has 5 heteroatoms. The van der Waals surface area contributed by atoms with E-state index in [1.54, 1.807) is 7.05 Å². The molecule has 2 heterocycles. The molecule has 1 aliphatic carbocycles. The molecule has 1 saturated heterocycles. The van der Waals surface area contributed by atoms with Crippen molar-refractivity contribution in [2.45, 2.75) is 39.2 Å². The van der Waals surface area contributed by atoms with Gasteiger partial charge >= 0.3 is 0 Å². The molecule has 5 nitrogen and oxygen atoms in total. The monoisotopic (exact) mass is 288 g/mol. The van der Waals surface area contributed by atoms with Crippen molar-refractivity contribution in [3.63, 3.8) is 0 Å². The molecule has 0 unspecified atom stereocenters. The maximum atomic E-state index is 12.1. The second-order valence-corrected chi connectivity index (χ2v) is 6.52. The Balaban J connectivity index is 1.67. The van der Waals surface area contributed by atoms with Gasteiger partial charge < -0.3 is 5.32 Å². The zero-order chi connectivity index (χ0) is 14.9. The fraction of sp³-hybridized carbons (Fsp3) is 0.688. The van der Waals surface area contributed by atoms with E-state index in [0.717, 1.165) is 43.9 Å². The van der Waals surface area contributed by atoms with Gasteiger partial charge in [0.2, 0.25) is 5.91 Å². The van der Waals surface area contributed by atoms with Gasteiger partial charge in [0.1, 0.15) is 5.82 Å². The third-order valence-corrected chi connectivity index (χ3v) is 5.17. The number of carbonyl (C=O) groups is 1. The highest BCUT2D eigenvalue weighted by Gasteiger charge is 2.49. The molecule has 1 aromatic heterocycles. The van der Waals surface area contributed by atoms with Gasteiger partial charge in [0, 0.05) is 44.0 Å². The topological polar surface area (TPSA) is 58.1 Å². The normalized spacial score (nSPS) is 29.1. The van der Waals surface area contributed by atoms with Gasteiger partial charge in [0.15, 0.2) is 0 Å². The zero-order valence-corrected chi connectivity index (χ0v) is 12.9. The Morgan fingerprint density at radius 3 is 2.90 bits per heavy atom. The molecule has 2 fully saturated rings. The molecule has 3 rings (SSSR count). The van der Waals surface area contributed by atoms with Crippen molar-refractivity contribution in [2.75, 3.05) is 20.1 Å². The predicted molar refractivity (Wildman–Crippen MR) is 80.5 cm³/mol. The van der Waals surface area contributed by atoms with Crippen LogP contribution in [0.3, 0.4) is 0 Å². The molecule has 2 atom stereocenters. The summed E-state index contributed by atoms with van der Waals surface area (Å²) in [6.07, 6.45) is 8.38. The van der Waals surface area contributed by atoms with Crippen LogP contribution in [0.25, 0.3) is 0 Å². The van der Waals surface area contributed by atoms with Crippen molar-refractivity contribution >= 4 is 5.91 Å².